The average molecular weight is 258 g/mol. The highest BCUT2D eigenvalue weighted by Gasteiger charge is 2.13. The van der Waals surface area contributed by atoms with Crippen molar-refractivity contribution in [3.8, 4) is 5.75 Å². The van der Waals surface area contributed by atoms with Crippen LogP contribution in [0.3, 0.4) is 0 Å². The van der Waals surface area contributed by atoms with Gasteiger partial charge in [-0.05, 0) is 34.5 Å². The SMILES string of the molecule is COc1c(C)ccc(C(=O)CN)c1Br. The van der Waals surface area contributed by atoms with Gasteiger partial charge < -0.3 is 10.5 Å². The summed E-state index contributed by atoms with van der Waals surface area (Å²) in [6.45, 7) is 1.92. The zero-order chi connectivity index (χ0) is 10.7. The van der Waals surface area contributed by atoms with E-state index in [9.17, 15) is 4.79 Å². The lowest BCUT2D eigenvalue weighted by molar-refractivity contribution is 0.100. The van der Waals surface area contributed by atoms with Gasteiger partial charge in [-0.1, -0.05) is 6.07 Å². The first kappa shape index (κ1) is 11.2. The number of methoxy groups -OCH3 is 1. The molecular formula is C10H12BrNO2. The molecule has 0 saturated carbocycles. The van der Waals surface area contributed by atoms with Crippen molar-refractivity contribution in [3.05, 3.63) is 27.7 Å². The largest absolute Gasteiger partial charge is 0.495 e. The molecule has 14 heavy (non-hydrogen) atoms. The number of aryl methyl sites for hydroxylation is 1. The van der Waals surface area contributed by atoms with Crippen LogP contribution in [-0.2, 0) is 0 Å². The fourth-order valence-electron chi connectivity index (χ4n) is 1.23. The van der Waals surface area contributed by atoms with Crippen LogP contribution in [0.15, 0.2) is 16.6 Å². The third-order valence-electron chi connectivity index (χ3n) is 1.98. The van der Waals surface area contributed by atoms with E-state index in [0.29, 0.717) is 15.8 Å². The van der Waals surface area contributed by atoms with Gasteiger partial charge in [0.1, 0.15) is 5.75 Å². The molecule has 1 aromatic carbocycles. The molecule has 0 aromatic heterocycles. The normalized spacial score (nSPS) is 10.0. The van der Waals surface area contributed by atoms with Gasteiger partial charge >= 0.3 is 0 Å². The number of carbonyl (C=O) groups excluding carboxylic acids is 1. The predicted octanol–water partition coefficient (Wildman–Crippen LogP) is 1.91. The Morgan fingerprint density at radius 2 is 2.21 bits per heavy atom. The maximum absolute atomic E-state index is 11.4. The molecule has 1 aromatic rings. The number of rotatable bonds is 3. The molecule has 4 heteroatoms. The minimum absolute atomic E-state index is 0.00478. The Labute approximate surface area is 91.4 Å². The maximum Gasteiger partial charge on any atom is 0.177 e. The first-order valence-electron chi connectivity index (χ1n) is 4.18. The fraction of sp³-hybridized carbons (Fsp3) is 0.300. The molecule has 0 radical (unpaired) electrons. The van der Waals surface area contributed by atoms with Crippen LogP contribution in [0.4, 0.5) is 0 Å². The lowest BCUT2D eigenvalue weighted by Crippen LogP contribution is -2.14. The van der Waals surface area contributed by atoms with Crippen LogP contribution < -0.4 is 10.5 Å². The number of halogens is 1. The summed E-state index contributed by atoms with van der Waals surface area (Å²) >= 11 is 3.33. The zero-order valence-electron chi connectivity index (χ0n) is 8.13. The summed E-state index contributed by atoms with van der Waals surface area (Å²) in [7, 11) is 1.57. The summed E-state index contributed by atoms with van der Waals surface area (Å²) < 4.78 is 5.85. The maximum atomic E-state index is 11.4. The standard InChI is InChI=1S/C10H12BrNO2/c1-6-3-4-7(8(13)5-12)9(11)10(6)14-2/h3-4H,5,12H2,1-2H3. The number of ether oxygens (including phenoxy) is 1. The number of ketones is 1. The van der Waals surface area contributed by atoms with E-state index in [1.54, 1.807) is 13.2 Å². The Morgan fingerprint density at radius 3 is 2.71 bits per heavy atom. The Hall–Kier alpha value is -0.870. The summed E-state index contributed by atoms with van der Waals surface area (Å²) in [5, 5.41) is 0. The Bertz CT molecular complexity index is 363. The van der Waals surface area contributed by atoms with Crippen LogP contribution in [0.1, 0.15) is 15.9 Å². The van der Waals surface area contributed by atoms with E-state index in [4.69, 9.17) is 10.5 Å². The van der Waals surface area contributed by atoms with E-state index < -0.39 is 0 Å². The minimum Gasteiger partial charge on any atom is -0.495 e. The fourth-order valence-corrected chi connectivity index (χ4v) is 2.06. The molecule has 1 rings (SSSR count). The van der Waals surface area contributed by atoms with E-state index in [2.05, 4.69) is 15.9 Å². The van der Waals surface area contributed by atoms with Gasteiger partial charge in [0.25, 0.3) is 0 Å². The van der Waals surface area contributed by atoms with Gasteiger partial charge in [0, 0.05) is 5.56 Å². The van der Waals surface area contributed by atoms with Gasteiger partial charge in [0.05, 0.1) is 18.1 Å². The number of hydrogen-bond acceptors (Lipinski definition) is 3. The molecule has 0 amide bonds. The van der Waals surface area contributed by atoms with Crippen molar-refractivity contribution in [1.82, 2.24) is 0 Å². The Morgan fingerprint density at radius 1 is 1.57 bits per heavy atom. The van der Waals surface area contributed by atoms with E-state index >= 15 is 0 Å². The molecule has 0 atom stereocenters. The van der Waals surface area contributed by atoms with Crippen LogP contribution in [0.5, 0.6) is 5.75 Å². The van der Waals surface area contributed by atoms with Gasteiger partial charge in [0.2, 0.25) is 0 Å². The molecule has 2 N–H and O–H groups in total. The van der Waals surface area contributed by atoms with Crippen molar-refractivity contribution in [2.45, 2.75) is 6.92 Å². The lowest BCUT2D eigenvalue weighted by Gasteiger charge is -2.10. The molecule has 0 aliphatic heterocycles. The predicted molar refractivity (Wildman–Crippen MR) is 58.8 cm³/mol. The lowest BCUT2D eigenvalue weighted by atomic mass is 10.1. The molecule has 0 aliphatic rings. The van der Waals surface area contributed by atoms with Gasteiger partial charge in [-0.15, -0.1) is 0 Å². The molecule has 3 nitrogen and oxygen atoms in total. The van der Waals surface area contributed by atoms with E-state index in [0.717, 1.165) is 5.56 Å². The molecule has 0 bridgehead atoms. The second kappa shape index (κ2) is 4.57. The monoisotopic (exact) mass is 257 g/mol. The highest BCUT2D eigenvalue weighted by molar-refractivity contribution is 9.10. The molecule has 0 aliphatic carbocycles. The second-order valence-corrected chi connectivity index (χ2v) is 3.70. The molecule has 76 valence electrons. The minimum atomic E-state index is -0.102. The van der Waals surface area contributed by atoms with Crippen LogP contribution >= 0.6 is 15.9 Å². The number of Topliss-reactive ketones (excluding diaryl/α,β-unsaturated/α-hetero) is 1. The molecule has 0 spiro atoms. The van der Waals surface area contributed by atoms with Crippen molar-refractivity contribution >= 4 is 21.7 Å². The van der Waals surface area contributed by atoms with E-state index in [1.807, 2.05) is 13.0 Å². The van der Waals surface area contributed by atoms with Crippen molar-refractivity contribution in [2.24, 2.45) is 5.73 Å². The quantitative estimate of drug-likeness (QED) is 0.842. The van der Waals surface area contributed by atoms with Crippen LogP contribution in [0, 0.1) is 6.92 Å². The van der Waals surface area contributed by atoms with Crippen LogP contribution in [0.25, 0.3) is 0 Å². The van der Waals surface area contributed by atoms with Crippen LogP contribution in [0.2, 0.25) is 0 Å². The topological polar surface area (TPSA) is 52.3 Å². The summed E-state index contributed by atoms with van der Waals surface area (Å²) in [5.74, 6) is 0.583. The summed E-state index contributed by atoms with van der Waals surface area (Å²) in [4.78, 5) is 11.4. The van der Waals surface area contributed by atoms with Crippen molar-refractivity contribution in [1.29, 1.82) is 0 Å². The van der Waals surface area contributed by atoms with E-state index in [1.165, 1.54) is 0 Å². The summed E-state index contributed by atoms with van der Waals surface area (Å²) in [6, 6.07) is 3.59. The smallest absolute Gasteiger partial charge is 0.177 e. The molecule has 0 saturated heterocycles. The number of nitrogens with two attached hydrogens (primary N) is 1. The third kappa shape index (κ3) is 1.96. The number of benzene rings is 1. The van der Waals surface area contributed by atoms with Crippen molar-refractivity contribution < 1.29 is 9.53 Å². The molecular weight excluding hydrogens is 246 g/mol. The van der Waals surface area contributed by atoms with Crippen molar-refractivity contribution in [2.75, 3.05) is 13.7 Å². The summed E-state index contributed by atoms with van der Waals surface area (Å²) in [6.07, 6.45) is 0. The number of carbonyl (C=O) groups is 1. The third-order valence-corrected chi connectivity index (χ3v) is 2.77. The van der Waals surface area contributed by atoms with Crippen LogP contribution in [-0.4, -0.2) is 19.4 Å². The average Bonchev–Trinajstić information content (AvgIpc) is 2.18. The van der Waals surface area contributed by atoms with Gasteiger partial charge in [0.15, 0.2) is 5.78 Å². The molecule has 0 heterocycles. The number of hydrogen-bond donors (Lipinski definition) is 1. The van der Waals surface area contributed by atoms with Gasteiger partial charge in [-0.25, -0.2) is 0 Å². The van der Waals surface area contributed by atoms with Gasteiger partial charge in [-0.2, -0.15) is 0 Å². The summed E-state index contributed by atoms with van der Waals surface area (Å²) in [5.41, 5.74) is 6.84. The first-order valence-corrected chi connectivity index (χ1v) is 4.97. The zero-order valence-corrected chi connectivity index (χ0v) is 9.72. The Balaban J connectivity index is 3.28. The Kier molecular flexibility index (Phi) is 3.66. The molecule has 0 fully saturated rings. The second-order valence-electron chi connectivity index (χ2n) is 2.90. The van der Waals surface area contributed by atoms with E-state index in [-0.39, 0.29) is 12.3 Å². The highest BCUT2D eigenvalue weighted by Crippen LogP contribution is 2.31. The molecule has 0 unspecified atom stereocenters. The van der Waals surface area contributed by atoms with Crippen molar-refractivity contribution in [3.63, 3.8) is 0 Å². The first-order chi connectivity index (χ1) is 6.61. The van der Waals surface area contributed by atoms with Gasteiger partial charge in [-0.3, -0.25) is 4.79 Å². The highest BCUT2D eigenvalue weighted by atomic mass is 79.9.